The minimum atomic E-state index is -1.13. The van der Waals surface area contributed by atoms with Crippen molar-refractivity contribution in [1.82, 2.24) is 5.32 Å². The van der Waals surface area contributed by atoms with Crippen molar-refractivity contribution in [2.24, 2.45) is 0 Å². The fraction of sp³-hybridized carbons (Fsp3) is 0.765. The molecule has 0 aliphatic carbocycles. The largest absolute Gasteiger partial charge is 0.463 e. The van der Waals surface area contributed by atoms with Crippen LogP contribution in [0.25, 0.3) is 0 Å². The van der Waals surface area contributed by atoms with Crippen LogP contribution in [0.2, 0.25) is 0 Å². The number of ether oxygens (including phenoxy) is 6. The third-order valence-electron chi connectivity index (χ3n) is 3.92. The van der Waals surface area contributed by atoms with E-state index in [-0.39, 0.29) is 19.3 Å². The van der Waals surface area contributed by atoms with Gasteiger partial charge in [0.15, 0.2) is 18.5 Å². The molecule has 1 N–H and O–H groups in total. The van der Waals surface area contributed by atoms with Crippen LogP contribution in [0.1, 0.15) is 27.7 Å². The molecule has 2 aliphatic heterocycles. The number of carbonyl (C=O) groups is 4. The van der Waals surface area contributed by atoms with Crippen LogP contribution in [0.4, 0.5) is 0 Å². The Kier molecular flexibility index (Phi) is 7.72. The average Bonchev–Trinajstić information content (AvgIpc) is 3.38. The number of nitrogens with one attached hydrogen (secondary N) is 1. The number of carbonyl (C=O) groups excluding carboxylic acids is 4. The van der Waals surface area contributed by atoms with Gasteiger partial charge in [-0.3, -0.25) is 19.2 Å². The second-order valence-electron chi connectivity index (χ2n) is 6.51. The van der Waals surface area contributed by atoms with Gasteiger partial charge in [-0.1, -0.05) is 0 Å². The Morgan fingerprint density at radius 1 is 0.929 bits per heavy atom. The summed E-state index contributed by atoms with van der Waals surface area (Å²) in [4.78, 5) is 46.2. The monoisotopic (exact) mass is 403 g/mol. The zero-order valence-electron chi connectivity index (χ0n) is 16.2. The van der Waals surface area contributed by atoms with E-state index < -0.39 is 54.5 Å². The Morgan fingerprint density at radius 2 is 1.54 bits per heavy atom. The SMILES string of the molecule is CC(=O)N[C@H]1[C@H](OCC2CO2)O[C@H](COC(C)=O)[C@@H](OC(C)=O)[C@@H]1OC(C)=O. The van der Waals surface area contributed by atoms with Gasteiger partial charge in [-0.15, -0.1) is 0 Å². The number of epoxide rings is 1. The van der Waals surface area contributed by atoms with Gasteiger partial charge in [0, 0.05) is 27.7 Å². The number of hydrogen-bond donors (Lipinski definition) is 1. The molecule has 11 heteroatoms. The summed E-state index contributed by atoms with van der Waals surface area (Å²) >= 11 is 0. The lowest BCUT2D eigenvalue weighted by atomic mass is 9.96. The van der Waals surface area contributed by atoms with Crippen LogP contribution in [0.5, 0.6) is 0 Å². The van der Waals surface area contributed by atoms with Gasteiger partial charge in [0.25, 0.3) is 0 Å². The summed E-state index contributed by atoms with van der Waals surface area (Å²) in [6, 6.07) is -0.960. The Bertz CT molecular complexity index is 605. The van der Waals surface area contributed by atoms with E-state index in [9.17, 15) is 19.2 Å². The molecule has 2 aliphatic rings. The molecule has 2 heterocycles. The summed E-state index contributed by atoms with van der Waals surface area (Å²) in [6.45, 7) is 5.30. The fourth-order valence-electron chi connectivity index (χ4n) is 2.80. The molecule has 0 aromatic carbocycles. The van der Waals surface area contributed by atoms with Crippen LogP contribution in [-0.2, 0) is 47.6 Å². The van der Waals surface area contributed by atoms with Crippen molar-refractivity contribution in [2.75, 3.05) is 19.8 Å². The van der Waals surface area contributed by atoms with E-state index in [2.05, 4.69) is 5.32 Å². The average molecular weight is 403 g/mol. The number of rotatable bonds is 8. The molecule has 0 bridgehead atoms. The first kappa shape index (κ1) is 22.1. The normalized spacial score (nSPS) is 31.4. The van der Waals surface area contributed by atoms with Gasteiger partial charge in [-0.2, -0.15) is 0 Å². The molecule has 0 aromatic rings. The maximum Gasteiger partial charge on any atom is 0.303 e. The molecular weight excluding hydrogens is 378 g/mol. The smallest absolute Gasteiger partial charge is 0.303 e. The predicted molar refractivity (Wildman–Crippen MR) is 89.7 cm³/mol. The Labute approximate surface area is 161 Å². The van der Waals surface area contributed by atoms with E-state index in [0.29, 0.717) is 6.61 Å². The Balaban J connectivity index is 2.29. The molecule has 2 fully saturated rings. The maximum atomic E-state index is 11.7. The predicted octanol–water partition coefficient (Wildman–Crippen LogP) is -0.942. The highest BCUT2D eigenvalue weighted by Crippen LogP contribution is 2.28. The van der Waals surface area contributed by atoms with Crippen LogP contribution in [0.15, 0.2) is 0 Å². The van der Waals surface area contributed by atoms with Gasteiger partial charge < -0.3 is 33.7 Å². The molecule has 0 aromatic heterocycles. The molecule has 1 amide bonds. The minimum absolute atomic E-state index is 0.0909. The summed E-state index contributed by atoms with van der Waals surface area (Å²) in [5.74, 6) is -2.31. The summed E-state index contributed by atoms with van der Waals surface area (Å²) < 4.78 is 32.2. The van der Waals surface area contributed by atoms with Crippen molar-refractivity contribution in [3.05, 3.63) is 0 Å². The van der Waals surface area contributed by atoms with E-state index in [4.69, 9.17) is 28.4 Å². The Hall–Kier alpha value is -2.24. The maximum absolute atomic E-state index is 11.7. The van der Waals surface area contributed by atoms with Crippen molar-refractivity contribution in [3.63, 3.8) is 0 Å². The van der Waals surface area contributed by atoms with Crippen LogP contribution in [-0.4, -0.2) is 80.4 Å². The standard InChI is InChI=1S/C17H25NO10/c1-8(19)18-14-16(27-11(4)22)15(26-10(3)21)13(7-23-9(2)20)28-17(14)25-6-12-5-24-12/h12-17H,5-7H2,1-4H3,(H,18,19)/t12?,13-,14-,15-,16-,17-/m1/s1. The first-order valence-electron chi connectivity index (χ1n) is 8.81. The zero-order chi connectivity index (χ0) is 20.8. The van der Waals surface area contributed by atoms with Crippen molar-refractivity contribution >= 4 is 23.8 Å². The highest BCUT2D eigenvalue weighted by Gasteiger charge is 2.51. The second-order valence-corrected chi connectivity index (χ2v) is 6.51. The topological polar surface area (TPSA) is 139 Å². The molecule has 11 nitrogen and oxygen atoms in total. The number of esters is 3. The third-order valence-corrected chi connectivity index (χ3v) is 3.92. The van der Waals surface area contributed by atoms with E-state index in [1.54, 1.807) is 0 Å². The van der Waals surface area contributed by atoms with Crippen molar-refractivity contribution < 1.29 is 47.6 Å². The van der Waals surface area contributed by atoms with Crippen LogP contribution >= 0.6 is 0 Å². The van der Waals surface area contributed by atoms with E-state index in [1.807, 2.05) is 0 Å². The van der Waals surface area contributed by atoms with Gasteiger partial charge >= 0.3 is 17.9 Å². The van der Waals surface area contributed by atoms with Crippen LogP contribution in [0.3, 0.4) is 0 Å². The molecule has 6 atom stereocenters. The first-order valence-corrected chi connectivity index (χ1v) is 8.81. The summed E-state index contributed by atoms with van der Waals surface area (Å²) in [7, 11) is 0. The van der Waals surface area contributed by atoms with Crippen molar-refractivity contribution in [3.8, 4) is 0 Å². The molecule has 28 heavy (non-hydrogen) atoms. The molecular formula is C17H25NO10. The lowest BCUT2D eigenvalue weighted by Crippen LogP contribution is -2.66. The molecule has 0 radical (unpaired) electrons. The summed E-state index contributed by atoms with van der Waals surface area (Å²) in [5.41, 5.74) is 0. The summed E-state index contributed by atoms with van der Waals surface area (Å²) in [5, 5.41) is 2.61. The van der Waals surface area contributed by atoms with E-state index in [0.717, 1.165) is 0 Å². The molecule has 1 unspecified atom stereocenters. The van der Waals surface area contributed by atoms with Gasteiger partial charge in [0.05, 0.1) is 13.2 Å². The number of hydrogen-bond acceptors (Lipinski definition) is 10. The number of amides is 1. The van der Waals surface area contributed by atoms with E-state index in [1.165, 1.54) is 27.7 Å². The molecule has 2 rings (SSSR count). The van der Waals surface area contributed by atoms with Gasteiger partial charge in [-0.05, 0) is 0 Å². The summed E-state index contributed by atoms with van der Waals surface area (Å²) in [6.07, 6.45) is -4.37. The molecule has 0 saturated carbocycles. The molecule has 158 valence electrons. The van der Waals surface area contributed by atoms with Gasteiger partial charge in [0.1, 0.15) is 24.9 Å². The highest BCUT2D eigenvalue weighted by molar-refractivity contribution is 5.73. The Morgan fingerprint density at radius 3 is 2.04 bits per heavy atom. The quantitative estimate of drug-likeness (QED) is 0.307. The third kappa shape index (κ3) is 6.73. The lowest BCUT2D eigenvalue weighted by molar-refractivity contribution is -0.278. The van der Waals surface area contributed by atoms with Crippen LogP contribution < -0.4 is 5.32 Å². The van der Waals surface area contributed by atoms with Crippen molar-refractivity contribution in [2.45, 2.75) is 64.4 Å². The zero-order valence-corrected chi connectivity index (χ0v) is 16.2. The molecule has 0 spiro atoms. The highest BCUT2D eigenvalue weighted by atomic mass is 16.7. The first-order chi connectivity index (χ1) is 13.2. The van der Waals surface area contributed by atoms with E-state index >= 15 is 0 Å². The second kappa shape index (κ2) is 9.80. The fourth-order valence-corrected chi connectivity index (χ4v) is 2.80. The lowest BCUT2D eigenvalue weighted by Gasteiger charge is -2.44. The van der Waals surface area contributed by atoms with Crippen LogP contribution in [0, 0.1) is 0 Å². The van der Waals surface area contributed by atoms with Gasteiger partial charge in [-0.25, -0.2) is 0 Å². The van der Waals surface area contributed by atoms with Crippen molar-refractivity contribution in [1.29, 1.82) is 0 Å². The molecule has 2 saturated heterocycles. The minimum Gasteiger partial charge on any atom is -0.463 e. The van der Waals surface area contributed by atoms with Gasteiger partial charge in [0.2, 0.25) is 5.91 Å².